The maximum Gasteiger partial charge on any atom is 0.416 e. The Balaban J connectivity index is 1.44. The SMILES string of the molecule is C#CC1(C(=O)NCCCC)CCN(CCCN2c3ccccc3Sc3ccc(C(F)(F)F)cc32)C(=O)C1. The molecule has 2 aromatic carbocycles. The smallest absolute Gasteiger partial charge is 0.355 e. The molecule has 2 aliphatic rings. The minimum absolute atomic E-state index is 0.0393. The largest absolute Gasteiger partial charge is 0.416 e. The number of anilines is 2. The van der Waals surface area contributed by atoms with Crippen LogP contribution in [-0.4, -0.2) is 42.9 Å². The lowest BCUT2D eigenvalue weighted by Gasteiger charge is -2.38. The molecule has 196 valence electrons. The second kappa shape index (κ2) is 11.1. The second-order valence-corrected chi connectivity index (χ2v) is 10.5. The lowest BCUT2D eigenvalue weighted by molar-refractivity contribution is -0.143. The van der Waals surface area contributed by atoms with E-state index in [1.54, 1.807) is 4.90 Å². The molecule has 0 aliphatic carbocycles. The van der Waals surface area contributed by atoms with E-state index in [4.69, 9.17) is 6.42 Å². The van der Waals surface area contributed by atoms with Gasteiger partial charge in [0.25, 0.3) is 0 Å². The third-order valence-corrected chi connectivity index (χ3v) is 8.03. The Morgan fingerprint density at radius 1 is 1.14 bits per heavy atom. The molecular formula is C28H30F3N3O2S. The molecule has 0 aromatic heterocycles. The van der Waals surface area contributed by atoms with Gasteiger partial charge in [0.2, 0.25) is 11.8 Å². The van der Waals surface area contributed by atoms with E-state index in [9.17, 15) is 22.8 Å². The summed E-state index contributed by atoms with van der Waals surface area (Å²) in [5.74, 6) is 2.14. The molecule has 1 atom stereocenters. The molecule has 2 aromatic rings. The molecule has 0 radical (unpaired) electrons. The van der Waals surface area contributed by atoms with Crippen LogP contribution < -0.4 is 10.2 Å². The molecule has 9 heteroatoms. The summed E-state index contributed by atoms with van der Waals surface area (Å²) in [5.41, 5.74) is -0.458. The van der Waals surface area contributed by atoms with Crippen LogP contribution >= 0.6 is 11.8 Å². The molecule has 0 bridgehead atoms. The predicted octanol–water partition coefficient (Wildman–Crippen LogP) is 5.86. The Labute approximate surface area is 219 Å². The number of likely N-dealkylation sites (tertiary alicyclic amines) is 1. The van der Waals surface area contributed by atoms with Crippen molar-refractivity contribution in [3.8, 4) is 12.3 Å². The Hall–Kier alpha value is -3.12. The average molecular weight is 530 g/mol. The van der Waals surface area contributed by atoms with Crippen molar-refractivity contribution in [3.63, 3.8) is 0 Å². The number of amides is 2. The van der Waals surface area contributed by atoms with Crippen LogP contribution in [0.25, 0.3) is 0 Å². The molecule has 2 amide bonds. The van der Waals surface area contributed by atoms with E-state index in [2.05, 4.69) is 11.2 Å². The van der Waals surface area contributed by atoms with E-state index in [1.165, 1.54) is 23.9 Å². The zero-order valence-electron chi connectivity index (χ0n) is 20.7. The van der Waals surface area contributed by atoms with Crippen LogP contribution in [0.3, 0.4) is 0 Å². The highest BCUT2D eigenvalue weighted by Gasteiger charge is 2.43. The maximum atomic E-state index is 13.4. The molecule has 2 aliphatic heterocycles. The quantitative estimate of drug-likeness (QED) is 0.344. The summed E-state index contributed by atoms with van der Waals surface area (Å²) < 4.78 is 40.3. The van der Waals surface area contributed by atoms with E-state index in [0.29, 0.717) is 44.7 Å². The van der Waals surface area contributed by atoms with Crippen LogP contribution in [0.1, 0.15) is 44.6 Å². The van der Waals surface area contributed by atoms with Crippen molar-refractivity contribution in [2.24, 2.45) is 5.41 Å². The van der Waals surface area contributed by atoms with Gasteiger partial charge in [0, 0.05) is 36.0 Å². The minimum atomic E-state index is -4.44. The topological polar surface area (TPSA) is 52.7 Å². The average Bonchev–Trinajstić information content (AvgIpc) is 2.88. The molecule has 1 N–H and O–H groups in total. The summed E-state index contributed by atoms with van der Waals surface area (Å²) in [6.45, 7) is 3.79. The van der Waals surface area contributed by atoms with E-state index >= 15 is 0 Å². The van der Waals surface area contributed by atoms with E-state index < -0.39 is 17.2 Å². The van der Waals surface area contributed by atoms with Crippen LogP contribution in [0.5, 0.6) is 0 Å². The van der Waals surface area contributed by atoms with Crippen molar-refractivity contribution in [1.29, 1.82) is 0 Å². The van der Waals surface area contributed by atoms with Crippen molar-refractivity contribution < 1.29 is 22.8 Å². The summed E-state index contributed by atoms with van der Waals surface area (Å²) >= 11 is 1.45. The number of hydrogen-bond donors (Lipinski definition) is 1. The van der Waals surface area contributed by atoms with Crippen molar-refractivity contribution in [2.75, 3.05) is 31.1 Å². The molecule has 1 unspecified atom stereocenters. The number of rotatable bonds is 8. The van der Waals surface area contributed by atoms with Gasteiger partial charge in [-0.25, -0.2) is 0 Å². The van der Waals surface area contributed by atoms with Crippen molar-refractivity contribution in [1.82, 2.24) is 10.2 Å². The van der Waals surface area contributed by atoms with Gasteiger partial charge in [-0.2, -0.15) is 13.2 Å². The Bertz CT molecular complexity index is 1210. The summed E-state index contributed by atoms with van der Waals surface area (Å²) in [6, 6.07) is 11.4. The number of carbonyl (C=O) groups is 2. The van der Waals surface area contributed by atoms with Gasteiger partial charge >= 0.3 is 6.18 Å². The summed E-state index contributed by atoms with van der Waals surface area (Å²) in [6.07, 6.45) is 3.96. The highest BCUT2D eigenvalue weighted by molar-refractivity contribution is 7.99. The first kappa shape index (κ1) is 26.9. The maximum absolute atomic E-state index is 13.4. The number of halogens is 3. The minimum Gasteiger partial charge on any atom is -0.355 e. The van der Waals surface area contributed by atoms with Gasteiger partial charge < -0.3 is 15.1 Å². The fraction of sp³-hybridized carbons (Fsp3) is 0.429. The number of carbonyl (C=O) groups excluding carboxylic acids is 2. The Kier molecular flexibility index (Phi) is 8.08. The second-order valence-electron chi connectivity index (χ2n) is 9.40. The molecule has 0 saturated carbocycles. The molecule has 0 spiro atoms. The number of unbranched alkanes of at least 4 members (excludes halogenated alkanes) is 1. The molecule has 5 nitrogen and oxygen atoms in total. The van der Waals surface area contributed by atoms with Crippen molar-refractivity contribution >= 4 is 35.0 Å². The Morgan fingerprint density at radius 2 is 1.89 bits per heavy atom. The Morgan fingerprint density at radius 3 is 2.59 bits per heavy atom. The number of terminal acetylenes is 1. The number of hydrogen-bond acceptors (Lipinski definition) is 4. The number of piperidine rings is 1. The van der Waals surface area contributed by atoms with Crippen LogP contribution in [0, 0.1) is 17.8 Å². The third-order valence-electron chi connectivity index (χ3n) is 6.90. The summed E-state index contributed by atoms with van der Waals surface area (Å²) in [4.78, 5) is 31.0. The summed E-state index contributed by atoms with van der Waals surface area (Å²) in [7, 11) is 0. The number of benzene rings is 2. The molecule has 37 heavy (non-hydrogen) atoms. The van der Waals surface area contributed by atoms with Crippen molar-refractivity contribution in [2.45, 2.75) is 55.0 Å². The standard InChI is InChI=1S/C28H30F3N3O2S/c1-3-5-14-32-26(36)27(4-2)13-17-33(25(35)19-27)15-8-16-34-21-9-6-7-10-23(21)37-24-12-11-20(18-22(24)34)28(29,30)31/h2,6-7,9-12,18H,3,5,8,13-17,19H2,1H3,(H,32,36). The van der Waals surface area contributed by atoms with Gasteiger partial charge in [-0.3, -0.25) is 9.59 Å². The van der Waals surface area contributed by atoms with Gasteiger partial charge in [-0.1, -0.05) is 43.2 Å². The van der Waals surface area contributed by atoms with E-state index in [-0.39, 0.29) is 18.2 Å². The zero-order valence-corrected chi connectivity index (χ0v) is 21.6. The fourth-order valence-electron chi connectivity index (χ4n) is 4.74. The zero-order chi connectivity index (χ0) is 26.6. The normalized spacial score (nSPS) is 19.2. The van der Waals surface area contributed by atoms with Gasteiger partial charge in [-0.05, 0) is 49.6 Å². The molecule has 4 rings (SSSR count). The first-order valence-electron chi connectivity index (χ1n) is 12.5. The lowest BCUT2D eigenvalue weighted by atomic mass is 9.77. The number of alkyl halides is 3. The van der Waals surface area contributed by atoms with Crippen LogP contribution in [0.4, 0.5) is 24.5 Å². The molecular weight excluding hydrogens is 499 g/mol. The monoisotopic (exact) mass is 529 g/mol. The third kappa shape index (κ3) is 5.74. The van der Waals surface area contributed by atoms with E-state index in [0.717, 1.165) is 34.4 Å². The van der Waals surface area contributed by atoms with Crippen LogP contribution in [0.2, 0.25) is 0 Å². The van der Waals surface area contributed by atoms with E-state index in [1.807, 2.05) is 36.1 Å². The van der Waals surface area contributed by atoms with Gasteiger partial charge in [0.05, 0.1) is 23.4 Å². The van der Waals surface area contributed by atoms with Gasteiger partial charge in [0.15, 0.2) is 0 Å². The van der Waals surface area contributed by atoms with Crippen LogP contribution in [-0.2, 0) is 15.8 Å². The number of para-hydroxylation sites is 1. The summed E-state index contributed by atoms with van der Waals surface area (Å²) in [5, 5.41) is 2.86. The number of nitrogens with zero attached hydrogens (tertiary/aromatic N) is 2. The lowest BCUT2D eigenvalue weighted by Crippen LogP contribution is -2.51. The number of fused-ring (bicyclic) bond motifs is 2. The number of nitrogens with one attached hydrogen (secondary N) is 1. The van der Waals surface area contributed by atoms with Gasteiger partial charge in [0.1, 0.15) is 5.41 Å². The molecule has 1 saturated heterocycles. The molecule has 2 heterocycles. The fourth-order valence-corrected chi connectivity index (χ4v) is 5.82. The first-order chi connectivity index (χ1) is 17.7. The molecule has 1 fully saturated rings. The van der Waals surface area contributed by atoms with Crippen LogP contribution in [0.15, 0.2) is 52.3 Å². The predicted molar refractivity (Wildman–Crippen MR) is 139 cm³/mol. The first-order valence-corrected chi connectivity index (χ1v) is 13.3. The highest BCUT2D eigenvalue weighted by atomic mass is 32.2. The highest BCUT2D eigenvalue weighted by Crippen LogP contribution is 2.49. The van der Waals surface area contributed by atoms with Crippen molar-refractivity contribution in [3.05, 3.63) is 48.0 Å². The van der Waals surface area contributed by atoms with Gasteiger partial charge in [-0.15, -0.1) is 6.42 Å².